The number of aromatic nitrogens is 2. The van der Waals surface area contributed by atoms with Crippen molar-refractivity contribution < 1.29 is 4.39 Å². The molecular formula is C19H22FN5O2. The smallest absolute Gasteiger partial charge is 0.329 e. The second-order valence-electron chi connectivity index (χ2n) is 7.59. The van der Waals surface area contributed by atoms with Gasteiger partial charge in [-0.05, 0) is 32.3 Å². The van der Waals surface area contributed by atoms with E-state index in [4.69, 9.17) is 12.3 Å². The molecule has 8 heteroatoms. The molecule has 2 heterocycles. The van der Waals surface area contributed by atoms with Crippen LogP contribution in [0.15, 0.2) is 15.7 Å². The molecular weight excluding hydrogens is 349 g/mol. The highest BCUT2D eigenvalue weighted by atomic mass is 19.1. The largest absolute Gasteiger partial charge is 0.369 e. The third-order valence-electron chi connectivity index (χ3n) is 5.75. The number of nitrogens with two attached hydrogens (primary N) is 1. The number of nitrogens with one attached hydrogen (secondary N) is 1. The van der Waals surface area contributed by atoms with Gasteiger partial charge < -0.3 is 15.5 Å². The van der Waals surface area contributed by atoms with Crippen molar-refractivity contribution >= 4 is 16.6 Å². The van der Waals surface area contributed by atoms with Crippen molar-refractivity contribution in [3.05, 3.63) is 49.7 Å². The van der Waals surface area contributed by atoms with Gasteiger partial charge in [-0.3, -0.25) is 14.3 Å². The number of fused-ring (bicyclic) bond motifs is 1. The zero-order valence-corrected chi connectivity index (χ0v) is 15.2. The zero-order valence-electron chi connectivity index (χ0n) is 15.2. The van der Waals surface area contributed by atoms with Crippen molar-refractivity contribution in [3.63, 3.8) is 0 Å². The minimum atomic E-state index is -0.557. The van der Waals surface area contributed by atoms with Gasteiger partial charge in [0.25, 0.3) is 5.56 Å². The predicted octanol–water partition coefficient (Wildman–Crippen LogP) is 1.55. The minimum Gasteiger partial charge on any atom is -0.369 e. The highest BCUT2D eigenvalue weighted by molar-refractivity contribution is 5.87. The molecule has 0 bridgehead atoms. The Morgan fingerprint density at radius 2 is 2.15 bits per heavy atom. The van der Waals surface area contributed by atoms with Crippen LogP contribution in [-0.4, -0.2) is 35.2 Å². The molecule has 3 N–H and O–H groups in total. The molecule has 4 rings (SSSR count). The van der Waals surface area contributed by atoms with Crippen LogP contribution in [0.1, 0.15) is 30.9 Å². The number of H-pyrrole nitrogens is 1. The van der Waals surface area contributed by atoms with E-state index in [1.165, 1.54) is 6.07 Å². The van der Waals surface area contributed by atoms with Gasteiger partial charge in [-0.1, -0.05) is 0 Å². The van der Waals surface area contributed by atoms with Crippen molar-refractivity contribution in [1.29, 1.82) is 0 Å². The van der Waals surface area contributed by atoms with Crippen LogP contribution in [0, 0.1) is 25.2 Å². The molecule has 142 valence electrons. The summed E-state index contributed by atoms with van der Waals surface area (Å²) in [5.41, 5.74) is 6.66. The van der Waals surface area contributed by atoms with Crippen LogP contribution in [0.4, 0.5) is 10.1 Å². The molecule has 1 aliphatic heterocycles. The average Bonchev–Trinajstić information content (AvgIpc) is 3.33. The van der Waals surface area contributed by atoms with Gasteiger partial charge in [0, 0.05) is 30.6 Å². The van der Waals surface area contributed by atoms with Crippen LogP contribution < -0.4 is 21.9 Å². The molecule has 1 aromatic heterocycles. The number of hydrogen-bond donors (Lipinski definition) is 2. The lowest BCUT2D eigenvalue weighted by molar-refractivity contribution is 0.480. The molecule has 1 aliphatic carbocycles. The second-order valence-corrected chi connectivity index (χ2v) is 7.59. The molecule has 0 radical (unpaired) electrons. The van der Waals surface area contributed by atoms with Crippen molar-refractivity contribution in [2.75, 3.05) is 24.5 Å². The third kappa shape index (κ3) is 2.92. The van der Waals surface area contributed by atoms with E-state index < -0.39 is 17.1 Å². The Morgan fingerprint density at radius 3 is 2.81 bits per heavy atom. The van der Waals surface area contributed by atoms with E-state index in [2.05, 4.69) is 9.83 Å². The summed E-state index contributed by atoms with van der Waals surface area (Å²) in [6.45, 7) is 10.2. The van der Waals surface area contributed by atoms with Crippen LogP contribution >= 0.6 is 0 Å². The van der Waals surface area contributed by atoms with Gasteiger partial charge in [-0.25, -0.2) is 15.8 Å². The van der Waals surface area contributed by atoms with Crippen LogP contribution in [-0.2, 0) is 0 Å². The predicted molar refractivity (Wildman–Crippen MR) is 102 cm³/mol. The van der Waals surface area contributed by atoms with Crippen molar-refractivity contribution in [1.82, 2.24) is 9.55 Å². The summed E-state index contributed by atoms with van der Waals surface area (Å²) in [7, 11) is 0. The van der Waals surface area contributed by atoms with Crippen LogP contribution in [0.3, 0.4) is 0 Å². The maximum atomic E-state index is 15.0. The van der Waals surface area contributed by atoms with Gasteiger partial charge in [0.1, 0.15) is 5.82 Å². The first-order valence-corrected chi connectivity index (χ1v) is 9.23. The van der Waals surface area contributed by atoms with E-state index >= 15 is 0 Å². The molecule has 0 spiro atoms. The van der Waals surface area contributed by atoms with Crippen LogP contribution in [0.25, 0.3) is 15.7 Å². The lowest BCUT2D eigenvalue weighted by atomic mass is 10.00. The first-order chi connectivity index (χ1) is 12.9. The van der Waals surface area contributed by atoms with E-state index in [9.17, 15) is 14.0 Å². The van der Waals surface area contributed by atoms with Crippen LogP contribution in [0.5, 0.6) is 0 Å². The average molecular weight is 371 g/mol. The molecule has 7 nitrogen and oxygen atoms in total. The first kappa shape index (κ1) is 17.7. The molecule has 1 saturated heterocycles. The first-order valence-electron chi connectivity index (χ1n) is 9.23. The number of nitrogens with zero attached hydrogens (tertiary/aromatic N) is 3. The molecule has 2 aromatic rings. The highest BCUT2D eigenvalue weighted by Gasteiger charge is 2.33. The standard InChI is InChI=1S/C19H22FN5O2/c1-10-16-13(18(26)23-19(27)25(16)12-3-4-12)7-14(20)17(10)24-6-5-11(9-24)15(21)8-22-2/h7,11-12,15H,3-6,8-9,21H2,1H3,(H,23,26,27)/t11-,15?/m1/s1. The van der Waals surface area contributed by atoms with Crippen molar-refractivity contribution in [2.24, 2.45) is 11.7 Å². The maximum absolute atomic E-state index is 15.0. The fourth-order valence-electron chi connectivity index (χ4n) is 4.23. The summed E-state index contributed by atoms with van der Waals surface area (Å²) >= 11 is 0. The third-order valence-corrected chi connectivity index (χ3v) is 5.75. The zero-order chi connectivity index (χ0) is 19.3. The van der Waals surface area contributed by atoms with Gasteiger partial charge in [0.05, 0.1) is 22.6 Å². The molecule has 2 fully saturated rings. The molecule has 1 unspecified atom stereocenters. The van der Waals surface area contributed by atoms with Crippen molar-refractivity contribution in [3.8, 4) is 0 Å². The molecule has 2 aliphatic rings. The number of benzene rings is 1. The van der Waals surface area contributed by atoms with E-state index in [0.29, 0.717) is 29.9 Å². The van der Waals surface area contributed by atoms with Gasteiger partial charge >= 0.3 is 5.69 Å². The number of aromatic amines is 1. The summed E-state index contributed by atoms with van der Waals surface area (Å²) in [4.78, 5) is 32.2. The highest BCUT2D eigenvalue weighted by Crippen LogP contribution is 2.39. The molecule has 2 atom stereocenters. The van der Waals surface area contributed by atoms with Gasteiger partial charge in [0.15, 0.2) is 0 Å². The Hall–Kier alpha value is -2.66. The van der Waals surface area contributed by atoms with Gasteiger partial charge in [-0.15, -0.1) is 0 Å². The Morgan fingerprint density at radius 1 is 1.41 bits per heavy atom. The fraction of sp³-hybridized carbons (Fsp3) is 0.526. The number of aryl methyl sites for hydroxylation is 1. The van der Waals surface area contributed by atoms with E-state index in [1.54, 1.807) is 11.5 Å². The fourth-order valence-corrected chi connectivity index (χ4v) is 4.23. The van der Waals surface area contributed by atoms with E-state index in [0.717, 1.165) is 19.3 Å². The molecule has 1 aromatic carbocycles. The topological polar surface area (TPSA) is 88.5 Å². The summed E-state index contributed by atoms with van der Waals surface area (Å²) in [5.74, 6) is -0.343. The Bertz CT molecular complexity index is 1060. The number of hydrogen-bond acceptors (Lipinski definition) is 4. The molecule has 0 amide bonds. The number of rotatable bonds is 4. The Balaban J connectivity index is 1.83. The Kier molecular flexibility index (Phi) is 4.27. The monoisotopic (exact) mass is 371 g/mol. The Labute approximate surface area is 155 Å². The summed E-state index contributed by atoms with van der Waals surface area (Å²) in [6, 6.07) is 1.07. The van der Waals surface area contributed by atoms with Crippen LogP contribution in [0.2, 0.25) is 0 Å². The minimum absolute atomic E-state index is 0.0623. The second kappa shape index (κ2) is 6.50. The normalized spacial score (nSPS) is 20.8. The van der Waals surface area contributed by atoms with Crippen molar-refractivity contribution in [2.45, 2.75) is 38.3 Å². The number of anilines is 1. The number of halogens is 1. The summed E-state index contributed by atoms with van der Waals surface area (Å²) < 4.78 is 16.6. The lowest BCUT2D eigenvalue weighted by Crippen LogP contribution is -2.35. The SMILES string of the molecule is [C-]#[N+]CC(N)[C@@H]1CCN(c2c(F)cc3c(=O)[nH]c(=O)n(C4CC4)c3c2C)C1. The van der Waals surface area contributed by atoms with E-state index in [1.807, 2.05) is 4.90 Å². The van der Waals surface area contributed by atoms with Gasteiger partial charge in [0.2, 0.25) is 6.54 Å². The lowest BCUT2D eigenvalue weighted by Gasteiger charge is -2.24. The maximum Gasteiger partial charge on any atom is 0.329 e. The van der Waals surface area contributed by atoms with E-state index in [-0.39, 0.29) is 29.9 Å². The molecule has 27 heavy (non-hydrogen) atoms. The summed E-state index contributed by atoms with van der Waals surface area (Å²) in [5, 5.41) is 0.209. The molecule has 1 saturated carbocycles. The summed E-state index contributed by atoms with van der Waals surface area (Å²) in [6.07, 6.45) is 2.55. The quantitative estimate of drug-likeness (QED) is 0.798. The van der Waals surface area contributed by atoms with Gasteiger partial charge in [-0.2, -0.15) is 0 Å².